The van der Waals surface area contributed by atoms with Crippen molar-refractivity contribution in [2.24, 2.45) is 0 Å². The van der Waals surface area contributed by atoms with E-state index in [-0.39, 0.29) is 0 Å². The van der Waals surface area contributed by atoms with Crippen molar-refractivity contribution < 1.29 is 4.74 Å². The molecule has 3 nitrogen and oxygen atoms in total. The fourth-order valence-corrected chi connectivity index (χ4v) is 1.33. The summed E-state index contributed by atoms with van der Waals surface area (Å²) in [5, 5.41) is 8.51. The summed E-state index contributed by atoms with van der Waals surface area (Å²) >= 11 is 3.25. The van der Waals surface area contributed by atoms with E-state index in [9.17, 15) is 0 Å². The lowest BCUT2D eigenvalue weighted by molar-refractivity contribution is 0.409. The normalized spacial score (nSPS) is 9.08. The predicted molar refractivity (Wildman–Crippen MR) is 47.8 cm³/mol. The summed E-state index contributed by atoms with van der Waals surface area (Å²) in [6, 6.07) is 3.78. The molecule has 0 unspecified atom stereocenters. The van der Waals surface area contributed by atoms with Crippen molar-refractivity contribution in [2.45, 2.75) is 6.42 Å². The summed E-state index contributed by atoms with van der Waals surface area (Å²) in [6.45, 7) is 0. The Bertz CT molecular complexity index is 319. The van der Waals surface area contributed by atoms with Gasteiger partial charge in [0.2, 0.25) is 0 Å². The van der Waals surface area contributed by atoms with Gasteiger partial charge in [0.05, 0.1) is 19.6 Å². The van der Waals surface area contributed by atoms with Gasteiger partial charge >= 0.3 is 0 Å². The number of rotatable bonds is 2. The average molecular weight is 227 g/mol. The van der Waals surface area contributed by atoms with Crippen LogP contribution in [0, 0.1) is 11.3 Å². The first kappa shape index (κ1) is 9.01. The maximum Gasteiger partial charge on any atom is 0.127 e. The molecule has 0 radical (unpaired) electrons. The van der Waals surface area contributed by atoms with Gasteiger partial charge in [-0.15, -0.1) is 0 Å². The first-order valence-corrected chi connectivity index (χ1v) is 4.13. The lowest BCUT2D eigenvalue weighted by atomic mass is 10.2. The van der Waals surface area contributed by atoms with E-state index in [1.165, 1.54) is 0 Å². The van der Waals surface area contributed by atoms with Crippen LogP contribution in [0.2, 0.25) is 0 Å². The molecule has 0 aliphatic carbocycles. The monoisotopic (exact) mass is 226 g/mol. The van der Waals surface area contributed by atoms with Crippen molar-refractivity contribution in [3.8, 4) is 11.8 Å². The molecule has 12 heavy (non-hydrogen) atoms. The van der Waals surface area contributed by atoms with Crippen LogP contribution in [0.3, 0.4) is 0 Å². The molecule has 1 aromatic heterocycles. The summed E-state index contributed by atoms with van der Waals surface area (Å²) in [5.74, 6) is 0.693. The molecule has 1 heterocycles. The van der Waals surface area contributed by atoms with Crippen molar-refractivity contribution in [3.63, 3.8) is 0 Å². The number of nitriles is 1. The Morgan fingerprint density at radius 3 is 3.08 bits per heavy atom. The van der Waals surface area contributed by atoms with Gasteiger partial charge in [0.1, 0.15) is 10.4 Å². The Morgan fingerprint density at radius 2 is 2.50 bits per heavy atom. The first-order valence-electron chi connectivity index (χ1n) is 3.34. The molecular formula is C8H7BrN2O. The molecule has 1 rings (SSSR count). The fraction of sp³-hybridized carbons (Fsp3) is 0.250. The Morgan fingerprint density at radius 1 is 1.75 bits per heavy atom. The molecular weight excluding hydrogens is 220 g/mol. The Labute approximate surface area is 79.1 Å². The molecule has 0 fully saturated rings. The molecule has 0 aliphatic heterocycles. The highest BCUT2D eigenvalue weighted by molar-refractivity contribution is 9.10. The summed E-state index contributed by atoms with van der Waals surface area (Å²) < 4.78 is 5.73. The lowest BCUT2D eigenvalue weighted by Crippen LogP contribution is -1.93. The van der Waals surface area contributed by atoms with Gasteiger partial charge < -0.3 is 4.74 Å². The molecule has 1 aromatic rings. The molecule has 0 saturated carbocycles. The molecule has 0 amide bonds. The minimum Gasteiger partial charge on any atom is -0.496 e. The van der Waals surface area contributed by atoms with Crippen molar-refractivity contribution >= 4 is 15.9 Å². The van der Waals surface area contributed by atoms with E-state index in [4.69, 9.17) is 10.00 Å². The molecule has 0 aromatic carbocycles. The average Bonchev–Trinajstić information content (AvgIpc) is 2.09. The molecule has 0 aliphatic rings. The van der Waals surface area contributed by atoms with Gasteiger partial charge in [-0.25, -0.2) is 4.98 Å². The van der Waals surface area contributed by atoms with Gasteiger partial charge in [-0.05, 0) is 22.0 Å². The van der Waals surface area contributed by atoms with E-state index >= 15 is 0 Å². The molecule has 4 heteroatoms. The van der Waals surface area contributed by atoms with E-state index in [0.717, 1.165) is 5.56 Å². The molecule has 0 spiro atoms. The zero-order valence-electron chi connectivity index (χ0n) is 6.54. The lowest BCUT2D eigenvalue weighted by Gasteiger charge is -2.05. The molecule has 0 atom stereocenters. The van der Waals surface area contributed by atoms with Crippen molar-refractivity contribution in [2.75, 3.05) is 7.11 Å². The van der Waals surface area contributed by atoms with Crippen LogP contribution in [0.5, 0.6) is 5.75 Å². The predicted octanol–water partition coefficient (Wildman–Crippen LogP) is 1.92. The summed E-state index contributed by atoms with van der Waals surface area (Å²) in [5.41, 5.74) is 0.794. The number of methoxy groups -OCH3 is 1. The third kappa shape index (κ3) is 1.74. The SMILES string of the molecule is COc1ccnc(Br)c1CC#N. The van der Waals surface area contributed by atoms with Crippen LogP contribution in [-0.4, -0.2) is 12.1 Å². The maximum atomic E-state index is 8.51. The highest BCUT2D eigenvalue weighted by Gasteiger charge is 2.06. The van der Waals surface area contributed by atoms with Crippen LogP contribution in [0.25, 0.3) is 0 Å². The Kier molecular flexibility index (Phi) is 3.06. The van der Waals surface area contributed by atoms with Gasteiger partial charge in [-0.3, -0.25) is 0 Å². The number of pyridine rings is 1. The van der Waals surface area contributed by atoms with Gasteiger partial charge in [-0.2, -0.15) is 5.26 Å². The molecule has 0 N–H and O–H groups in total. The quantitative estimate of drug-likeness (QED) is 0.725. The zero-order chi connectivity index (χ0) is 8.97. The largest absolute Gasteiger partial charge is 0.496 e. The van der Waals surface area contributed by atoms with Crippen LogP contribution >= 0.6 is 15.9 Å². The number of ether oxygens (including phenoxy) is 1. The summed E-state index contributed by atoms with van der Waals surface area (Å²) in [6.07, 6.45) is 1.93. The van der Waals surface area contributed by atoms with Gasteiger partial charge in [0.15, 0.2) is 0 Å². The minimum atomic E-state index is 0.303. The second-order valence-electron chi connectivity index (χ2n) is 2.12. The van der Waals surface area contributed by atoms with Crippen molar-refractivity contribution in [1.29, 1.82) is 5.26 Å². The van der Waals surface area contributed by atoms with E-state index in [0.29, 0.717) is 16.8 Å². The van der Waals surface area contributed by atoms with Crippen LogP contribution in [0.4, 0.5) is 0 Å². The summed E-state index contributed by atoms with van der Waals surface area (Å²) in [4.78, 5) is 3.99. The second-order valence-corrected chi connectivity index (χ2v) is 2.87. The van der Waals surface area contributed by atoms with Gasteiger partial charge in [0.25, 0.3) is 0 Å². The van der Waals surface area contributed by atoms with Crippen LogP contribution in [-0.2, 0) is 6.42 Å². The molecule has 62 valence electrons. The van der Waals surface area contributed by atoms with Gasteiger partial charge in [0, 0.05) is 11.8 Å². The Balaban J connectivity index is 3.12. The number of hydrogen-bond acceptors (Lipinski definition) is 3. The van der Waals surface area contributed by atoms with E-state index in [2.05, 4.69) is 20.9 Å². The van der Waals surface area contributed by atoms with Crippen LogP contribution < -0.4 is 4.74 Å². The van der Waals surface area contributed by atoms with Crippen LogP contribution in [0.15, 0.2) is 16.9 Å². The Hall–Kier alpha value is -1.08. The van der Waals surface area contributed by atoms with E-state index < -0.39 is 0 Å². The third-order valence-electron chi connectivity index (χ3n) is 1.44. The number of hydrogen-bond donors (Lipinski definition) is 0. The topological polar surface area (TPSA) is 45.9 Å². The van der Waals surface area contributed by atoms with Crippen molar-refractivity contribution in [1.82, 2.24) is 4.98 Å². The second kappa shape index (κ2) is 4.07. The van der Waals surface area contributed by atoms with Crippen molar-refractivity contribution in [3.05, 3.63) is 22.4 Å². The fourth-order valence-electron chi connectivity index (χ4n) is 0.881. The number of nitrogens with zero attached hydrogens (tertiary/aromatic N) is 2. The maximum absolute atomic E-state index is 8.51. The first-order chi connectivity index (χ1) is 5.79. The standard InChI is InChI=1S/C8H7BrN2O/c1-12-7-3-5-11-8(9)6(7)2-4-10/h3,5H,2H2,1H3. The molecule has 0 saturated heterocycles. The van der Waals surface area contributed by atoms with E-state index in [1.807, 2.05) is 6.07 Å². The highest BCUT2D eigenvalue weighted by atomic mass is 79.9. The zero-order valence-corrected chi connectivity index (χ0v) is 8.13. The highest BCUT2D eigenvalue weighted by Crippen LogP contribution is 2.24. The number of aromatic nitrogens is 1. The molecule has 0 bridgehead atoms. The minimum absolute atomic E-state index is 0.303. The third-order valence-corrected chi connectivity index (χ3v) is 2.12. The smallest absolute Gasteiger partial charge is 0.127 e. The number of halogens is 1. The summed E-state index contributed by atoms with van der Waals surface area (Å²) in [7, 11) is 1.57. The van der Waals surface area contributed by atoms with Gasteiger partial charge in [-0.1, -0.05) is 0 Å². The van der Waals surface area contributed by atoms with E-state index in [1.54, 1.807) is 19.4 Å². The van der Waals surface area contributed by atoms with Crippen LogP contribution in [0.1, 0.15) is 5.56 Å².